The minimum absolute atomic E-state index is 0.144. The maximum Gasteiger partial charge on any atom is 0.132 e. The van der Waals surface area contributed by atoms with Crippen LogP contribution in [0.5, 0.6) is 0 Å². The predicted molar refractivity (Wildman–Crippen MR) is 57.6 cm³/mol. The summed E-state index contributed by atoms with van der Waals surface area (Å²) in [4.78, 5) is 0. The molecule has 0 bridgehead atoms. The van der Waals surface area contributed by atoms with Crippen LogP contribution >= 0.6 is 0 Å². The fourth-order valence-corrected chi connectivity index (χ4v) is 1.43. The van der Waals surface area contributed by atoms with Gasteiger partial charge in [-0.15, -0.1) is 0 Å². The van der Waals surface area contributed by atoms with Gasteiger partial charge in [-0.3, -0.25) is 0 Å². The van der Waals surface area contributed by atoms with Gasteiger partial charge in [-0.25, -0.2) is 8.78 Å². The molecule has 1 nitrogen and oxygen atoms in total. The number of hydrogen-bond donors (Lipinski definition) is 1. The minimum atomic E-state index is -0.486. The molecule has 0 aliphatic rings. The van der Waals surface area contributed by atoms with Gasteiger partial charge in [0.15, 0.2) is 0 Å². The summed E-state index contributed by atoms with van der Waals surface area (Å²) in [5.41, 5.74) is 5.88. The second-order valence-electron chi connectivity index (χ2n) is 4.70. The number of aryl methyl sites for hydroxylation is 1. The van der Waals surface area contributed by atoms with Gasteiger partial charge in [-0.1, -0.05) is 19.9 Å². The van der Waals surface area contributed by atoms with E-state index in [1.807, 2.05) is 13.8 Å². The van der Waals surface area contributed by atoms with E-state index in [0.717, 1.165) is 0 Å². The van der Waals surface area contributed by atoms with Crippen LogP contribution in [0.2, 0.25) is 0 Å². The summed E-state index contributed by atoms with van der Waals surface area (Å²) in [5.74, 6) is -0.934. The minimum Gasteiger partial charge on any atom is -0.330 e. The van der Waals surface area contributed by atoms with Gasteiger partial charge < -0.3 is 5.73 Å². The lowest BCUT2D eigenvalue weighted by Gasteiger charge is -2.23. The SMILES string of the molecule is Cc1ccc(F)c(CC(C)(C)CN)c1F. The number of benzene rings is 1. The zero-order valence-electron chi connectivity index (χ0n) is 9.40. The molecule has 0 heterocycles. The lowest BCUT2D eigenvalue weighted by molar-refractivity contribution is 0.361. The molecule has 0 saturated heterocycles. The largest absolute Gasteiger partial charge is 0.330 e. The Morgan fingerprint density at radius 3 is 2.40 bits per heavy atom. The lowest BCUT2D eigenvalue weighted by atomic mass is 9.85. The highest BCUT2D eigenvalue weighted by Crippen LogP contribution is 2.25. The summed E-state index contributed by atoms with van der Waals surface area (Å²) in [7, 11) is 0. The van der Waals surface area contributed by atoms with Crippen LogP contribution in [0.15, 0.2) is 12.1 Å². The molecular weight excluding hydrogens is 196 g/mol. The average Bonchev–Trinajstić information content (AvgIpc) is 2.19. The number of rotatable bonds is 3. The highest BCUT2D eigenvalue weighted by atomic mass is 19.1. The molecule has 0 fully saturated rings. The second-order valence-corrected chi connectivity index (χ2v) is 4.70. The Labute approximate surface area is 89.3 Å². The summed E-state index contributed by atoms with van der Waals surface area (Å²) < 4.78 is 27.1. The molecule has 0 atom stereocenters. The zero-order valence-corrected chi connectivity index (χ0v) is 9.40. The Hall–Kier alpha value is -0.960. The summed E-state index contributed by atoms with van der Waals surface area (Å²) in [6, 6.07) is 2.75. The number of halogens is 2. The molecule has 84 valence electrons. The van der Waals surface area contributed by atoms with E-state index in [0.29, 0.717) is 18.5 Å². The monoisotopic (exact) mass is 213 g/mol. The molecule has 0 unspecified atom stereocenters. The van der Waals surface area contributed by atoms with Gasteiger partial charge in [-0.2, -0.15) is 0 Å². The van der Waals surface area contributed by atoms with E-state index < -0.39 is 11.6 Å². The van der Waals surface area contributed by atoms with Crippen LogP contribution in [-0.4, -0.2) is 6.54 Å². The van der Waals surface area contributed by atoms with Crippen LogP contribution in [0.25, 0.3) is 0 Å². The van der Waals surface area contributed by atoms with E-state index in [1.54, 1.807) is 6.92 Å². The molecule has 0 spiro atoms. The van der Waals surface area contributed by atoms with Gasteiger partial charge in [0.1, 0.15) is 11.6 Å². The first kappa shape index (κ1) is 12.1. The van der Waals surface area contributed by atoms with Gasteiger partial charge in [0.25, 0.3) is 0 Å². The molecule has 0 aromatic heterocycles. The van der Waals surface area contributed by atoms with Crippen LogP contribution in [0.4, 0.5) is 8.78 Å². The van der Waals surface area contributed by atoms with E-state index in [1.165, 1.54) is 12.1 Å². The highest BCUT2D eigenvalue weighted by Gasteiger charge is 2.21. The first-order valence-corrected chi connectivity index (χ1v) is 5.01. The average molecular weight is 213 g/mol. The van der Waals surface area contributed by atoms with Gasteiger partial charge in [0.05, 0.1) is 0 Å². The van der Waals surface area contributed by atoms with Crippen molar-refractivity contribution < 1.29 is 8.78 Å². The summed E-state index contributed by atoms with van der Waals surface area (Å²) in [5, 5.41) is 0. The predicted octanol–water partition coefficient (Wildman–Crippen LogP) is 2.80. The molecule has 0 saturated carbocycles. The normalized spacial score (nSPS) is 11.9. The molecule has 0 aliphatic carbocycles. The molecule has 1 aromatic carbocycles. The molecular formula is C12H17F2N. The third kappa shape index (κ3) is 2.75. The van der Waals surface area contributed by atoms with Crippen molar-refractivity contribution in [2.45, 2.75) is 27.2 Å². The lowest BCUT2D eigenvalue weighted by Crippen LogP contribution is -2.27. The molecule has 0 radical (unpaired) electrons. The first-order valence-electron chi connectivity index (χ1n) is 5.01. The van der Waals surface area contributed by atoms with E-state index in [2.05, 4.69) is 0 Å². The number of hydrogen-bond acceptors (Lipinski definition) is 1. The van der Waals surface area contributed by atoms with Crippen molar-refractivity contribution in [2.75, 3.05) is 6.54 Å². The van der Waals surface area contributed by atoms with Crippen LogP contribution in [0.1, 0.15) is 25.0 Å². The van der Waals surface area contributed by atoms with Gasteiger partial charge in [0, 0.05) is 5.56 Å². The maximum atomic E-state index is 13.6. The molecule has 0 aliphatic heterocycles. The van der Waals surface area contributed by atoms with E-state index in [-0.39, 0.29) is 11.0 Å². The van der Waals surface area contributed by atoms with Crippen LogP contribution in [0, 0.1) is 24.0 Å². The highest BCUT2D eigenvalue weighted by molar-refractivity contribution is 5.27. The Kier molecular flexibility index (Phi) is 3.45. The topological polar surface area (TPSA) is 26.0 Å². The third-order valence-corrected chi connectivity index (χ3v) is 2.59. The number of nitrogens with two attached hydrogens (primary N) is 1. The summed E-state index contributed by atoms with van der Waals surface area (Å²) in [6.07, 6.45) is 0.322. The first-order chi connectivity index (χ1) is 6.87. The van der Waals surface area contributed by atoms with Crippen molar-refractivity contribution in [1.82, 2.24) is 0 Å². The molecule has 3 heteroatoms. The van der Waals surface area contributed by atoms with E-state index in [9.17, 15) is 8.78 Å². The molecule has 15 heavy (non-hydrogen) atoms. The summed E-state index contributed by atoms with van der Waals surface area (Å²) >= 11 is 0. The van der Waals surface area contributed by atoms with Crippen molar-refractivity contribution in [1.29, 1.82) is 0 Å². The second kappa shape index (κ2) is 4.27. The van der Waals surface area contributed by atoms with Gasteiger partial charge in [-0.05, 0) is 36.9 Å². The van der Waals surface area contributed by atoms with Crippen molar-refractivity contribution in [3.05, 3.63) is 34.9 Å². The molecule has 1 rings (SSSR count). The molecule has 0 amide bonds. The Morgan fingerprint density at radius 1 is 1.27 bits per heavy atom. The zero-order chi connectivity index (χ0) is 11.6. The van der Waals surface area contributed by atoms with Crippen molar-refractivity contribution in [2.24, 2.45) is 11.1 Å². The maximum absolute atomic E-state index is 13.6. The quantitative estimate of drug-likeness (QED) is 0.821. The molecule has 2 N–H and O–H groups in total. The van der Waals surface area contributed by atoms with Crippen molar-refractivity contribution >= 4 is 0 Å². The van der Waals surface area contributed by atoms with E-state index >= 15 is 0 Å². The fourth-order valence-electron chi connectivity index (χ4n) is 1.43. The standard InChI is InChI=1S/C12H17F2N/c1-8-4-5-10(13)9(11(8)14)6-12(2,3)7-15/h4-5H,6-7,15H2,1-3H3. The fraction of sp³-hybridized carbons (Fsp3) is 0.500. The smallest absolute Gasteiger partial charge is 0.132 e. The Balaban J connectivity index is 3.09. The van der Waals surface area contributed by atoms with Crippen LogP contribution in [0.3, 0.4) is 0 Å². The Morgan fingerprint density at radius 2 is 1.87 bits per heavy atom. The Bertz CT molecular complexity index is 359. The van der Waals surface area contributed by atoms with E-state index in [4.69, 9.17) is 5.73 Å². The van der Waals surface area contributed by atoms with Crippen LogP contribution < -0.4 is 5.73 Å². The van der Waals surface area contributed by atoms with Gasteiger partial charge in [0.2, 0.25) is 0 Å². The summed E-state index contributed by atoms with van der Waals surface area (Å²) in [6.45, 7) is 5.83. The van der Waals surface area contributed by atoms with Crippen molar-refractivity contribution in [3.63, 3.8) is 0 Å². The van der Waals surface area contributed by atoms with Crippen molar-refractivity contribution in [3.8, 4) is 0 Å². The molecule has 1 aromatic rings. The van der Waals surface area contributed by atoms with Gasteiger partial charge >= 0.3 is 0 Å². The third-order valence-electron chi connectivity index (χ3n) is 2.59. The van der Waals surface area contributed by atoms with Crippen LogP contribution in [-0.2, 0) is 6.42 Å².